The Morgan fingerprint density at radius 1 is 1.48 bits per heavy atom. The summed E-state index contributed by atoms with van der Waals surface area (Å²) in [6.07, 6.45) is 3.04. The maximum Gasteiger partial charge on any atom is 0.252 e. The van der Waals surface area contributed by atoms with Crippen molar-refractivity contribution in [1.29, 1.82) is 0 Å². The molecule has 0 saturated heterocycles. The number of carbonyl (C=O) groups is 1. The van der Waals surface area contributed by atoms with Crippen LogP contribution in [0.2, 0.25) is 0 Å². The van der Waals surface area contributed by atoms with Gasteiger partial charge in [0.2, 0.25) is 0 Å². The Morgan fingerprint density at radius 3 is 3.00 bits per heavy atom. The van der Waals surface area contributed by atoms with Crippen molar-refractivity contribution in [2.45, 2.75) is 0 Å². The molecule has 6 nitrogen and oxygen atoms in total. The van der Waals surface area contributed by atoms with Gasteiger partial charge in [-0.1, -0.05) is 11.8 Å². The third-order valence-corrected chi connectivity index (χ3v) is 2.58. The van der Waals surface area contributed by atoms with E-state index < -0.39 is 0 Å². The summed E-state index contributed by atoms with van der Waals surface area (Å²) in [6, 6.07) is 1.60. The highest BCUT2D eigenvalue weighted by molar-refractivity contribution is 5.96. The number of nitrogens with one attached hydrogen (secondary N) is 1. The number of rotatable bonds is 7. The second kappa shape index (κ2) is 9.88. The van der Waals surface area contributed by atoms with E-state index in [9.17, 15) is 4.79 Å². The Hall–Kier alpha value is -1.94. The van der Waals surface area contributed by atoms with Crippen LogP contribution >= 0.6 is 0 Å². The lowest BCUT2D eigenvalue weighted by atomic mass is 10.1. The number of nitrogens with zero attached hydrogens (tertiary/aromatic N) is 2. The molecule has 1 aromatic rings. The predicted molar refractivity (Wildman–Crippen MR) is 79.9 cm³/mol. The molecule has 1 rings (SSSR count). The molecular weight excluding hydrogens is 270 g/mol. The van der Waals surface area contributed by atoms with E-state index in [2.05, 4.69) is 22.1 Å². The fourth-order valence-corrected chi connectivity index (χ4v) is 1.51. The Balaban J connectivity index is 2.42. The van der Waals surface area contributed by atoms with E-state index in [1.807, 2.05) is 19.0 Å². The van der Waals surface area contributed by atoms with Gasteiger partial charge in [0.15, 0.2) is 0 Å². The number of aromatic nitrogens is 1. The van der Waals surface area contributed by atoms with E-state index in [-0.39, 0.29) is 12.5 Å². The van der Waals surface area contributed by atoms with E-state index in [1.165, 1.54) is 12.4 Å². The molecule has 6 heteroatoms. The summed E-state index contributed by atoms with van der Waals surface area (Å²) in [7, 11) is 3.95. The average Bonchev–Trinajstić information content (AvgIpc) is 2.48. The molecule has 0 aliphatic heterocycles. The quantitative estimate of drug-likeness (QED) is 0.534. The van der Waals surface area contributed by atoms with Crippen molar-refractivity contribution >= 4 is 5.91 Å². The van der Waals surface area contributed by atoms with Gasteiger partial charge in [-0.3, -0.25) is 9.78 Å². The Labute approximate surface area is 125 Å². The fourth-order valence-electron chi connectivity index (χ4n) is 1.51. The number of aliphatic hydroxyl groups excluding tert-OH is 1. The largest absolute Gasteiger partial charge is 0.384 e. The van der Waals surface area contributed by atoms with Gasteiger partial charge >= 0.3 is 0 Å². The van der Waals surface area contributed by atoms with Crippen LogP contribution < -0.4 is 5.32 Å². The fraction of sp³-hybridized carbons (Fsp3) is 0.467. The molecule has 0 bridgehead atoms. The second-order valence-corrected chi connectivity index (χ2v) is 4.55. The smallest absolute Gasteiger partial charge is 0.252 e. The second-order valence-electron chi connectivity index (χ2n) is 4.55. The first-order valence-electron chi connectivity index (χ1n) is 6.69. The van der Waals surface area contributed by atoms with Gasteiger partial charge in [0, 0.05) is 25.5 Å². The maximum atomic E-state index is 12.0. The van der Waals surface area contributed by atoms with Crippen LogP contribution in [-0.2, 0) is 4.74 Å². The van der Waals surface area contributed by atoms with Crippen LogP contribution in [0.15, 0.2) is 18.5 Å². The van der Waals surface area contributed by atoms with Gasteiger partial charge in [-0.15, -0.1) is 0 Å². The molecule has 0 fully saturated rings. The van der Waals surface area contributed by atoms with Gasteiger partial charge in [0.1, 0.15) is 6.61 Å². The molecule has 1 amide bonds. The molecule has 0 spiro atoms. The number of aliphatic hydroxyl groups is 1. The number of likely N-dealkylation sites (N-methyl/N-ethyl adjacent to an activating group) is 1. The number of carbonyl (C=O) groups excluding carboxylic acids is 1. The third kappa shape index (κ3) is 6.86. The van der Waals surface area contributed by atoms with Crippen molar-refractivity contribution in [2.24, 2.45) is 0 Å². The van der Waals surface area contributed by atoms with Gasteiger partial charge < -0.3 is 20.1 Å². The van der Waals surface area contributed by atoms with Crippen molar-refractivity contribution in [1.82, 2.24) is 15.2 Å². The third-order valence-electron chi connectivity index (χ3n) is 2.58. The Bertz CT molecular complexity index is 506. The molecule has 2 N–H and O–H groups in total. The van der Waals surface area contributed by atoms with E-state index in [1.54, 1.807) is 6.07 Å². The van der Waals surface area contributed by atoms with E-state index >= 15 is 0 Å². The molecule has 21 heavy (non-hydrogen) atoms. The number of hydrogen-bond donors (Lipinski definition) is 2. The predicted octanol–water partition coefficient (Wildman–Crippen LogP) is -0.267. The minimum atomic E-state index is -0.254. The van der Waals surface area contributed by atoms with Crippen molar-refractivity contribution in [2.75, 3.05) is 47.0 Å². The monoisotopic (exact) mass is 291 g/mol. The maximum absolute atomic E-state index is 12.0. The molecule has 0 unspecified atom stereocenters. The van der Waals surface area contributed by atoms with Crippen LogP contribution in [0.1, 0.15) is 15.9 Å². The Kier molecular flexibility index (Phi) is 8.05. The van der Waals surface area contributed by atoms with Crippen LogP contribution in [0.25, 0.3) is 0 Å². The zero-order valence-electron chi connectivity index (χ0n) is 12.4. The molecule has 0 saturated carbocycles. The highest BCUT2D eigenvalue weighted by Gasteiger charge is 2.09. The minimum Gasteiger partial charge on any atom is -0.384 e. The first-order valence-corrected chi connectivity index (χ1v) is 6.69. The highest BCUT2D eigenvalue weighted by atomic mass is 16.5. The molecule has 0 atom stereocenters. The molecule has 0 aliphatic rings. The lowest BCUT2D eigenvalue weighted by Gasteiger charge is -2.10. The highest BCUT2D eigenvalue weighted by Crippen LogP contribution is 2.04. The zero-order valence-corrected chi connectivity index (χ0v) is 12.4. The molecule has 114 valence electrons. The van der Waals surface area contributed by atoms with Crippen LogP contribution in [0.5, 0.6) is 0 Å². The SMILES string of the molecule is CN(C)CCOCCNC(=O)c1ccncc1C#CCO. The van der Waals surface area contributed by atoms with Gasteiger partial charge in [-0.2, -0.15) is 0 Å². The first-order chi connectivity index (χ1) is 10.1. The average molecular weight is 291 g/mol. The summed E-state index contributed by atoms with van der Waals surface area (Å²) in [4.78, 5) is 18.0. The standard InChI is InChI=1S/C15H21N3O3/c1-18(2)8-11-21-10-7-17-15(20)14-5-6-16-12-13(14)4-3-9-19/h5-6,12,19H,7-11H2,1-2H3,(H,17,20). The molecule has 1 aromatic heterocycles. The van der Waals surface area contributed by atoms with Crippen LogP contribution in [0.3, 0.4) is 0 Å². The van der Waals surface area contributed by atoms with Crippen LogP contribution in [-0.4, -0.2) is 67.9 Å². The lowest BCUT2D eigenvalue weighted by Crippen LogP contribution is -2.29. The van der Waals surface area contributed by atoms with Gasteiger partial charge in [-0.05, 0) is 20.2 Å². The van der Waals surface area contributed by atoms with E-state index in [0.717, 1.165) is 6.54 Å². The number of amides is 1. The van der Waals surface area contributed by atoms with Crippen molar-refractivity contribution in [3.63, 3.8) is 0 Å². The summed E-state index contributed by atoms with van der Waals surface area (Å²) in [5.74, 6) is 4.99. The van der Waals surface area contributed by atoms with Gasteiger partial charge in [0.05, 0.1) is 24.3 Å². The van der Waals surface area contributed by atoms with E-state index in [4.69, 9.17) is 9.84 Å². The van der Waals surface area contributed by atoms with Gasteiger partial charge in [0.25, 0.3) is 5.91 Å². The molecular formula is C15H21N3O3. The van der Waals surface area contributed by atoms with E-state index in [0.29, 0.717) is 30.9 Å². The summed E-state index contributed by atoms with van der Waals surface area (Å²) < 4.78 is 5.40. The topological polar surface area (TPSA) is 74.7 Å². The minimum absolute atomic E-state index is 0.226. The number of hydrogen-bond acceptors (Lipinski definition) is 5. The number of ether oxygens (including phenoxy) is 1. The molecule has 0 aliphatic carbocycles. The normalized spacial score (nSPS) is 10.1. The summed E-state index contributed by atoms with van der Waals surface area (Å²) in [5.41, 5.74) is 0.941. The van der Waals surface area contributed by atoms with Crippen molar-refractivity contribution in [3.8, 4) is 11.8 Å². The van der Waals surface area contributed by atoms with Crippen LogP contribution in [0.4, 0.5) is 0 Å². The van der Waals surface area contributed by atoms with Crippen molar-refractivity contribution < 1.29 is 14.6 Å². The molecule has 0 aromatic carbocycles. The van der Waals surface area contributed by atoms with Gasteiger partial charge in [-0.25, -0.2) is 0 Å². The first kappa shape index (κ1) is 17.1. The van der Waals surface area contributed by atoms with Crippen LogP contribution in [0, 0.1) is 11.8 Å². The van der Waals surface area contributed by atoms with Crippen molar-refractivity contribution in [3.05, 3.63) is 29.6 Å². The molecule has 1 heterocycles. The number of pyridine rings is 1. The summed E-state index contributed by atoms with van der Waals surface area (Å²) >= 11 is 0. The zero-order chi connectivity index (χ0) is 15.5. The molecule has 0 radical (unpaired) electrons. The summed E-state index contributed by atoms with van der Waals surface area (Å²) in [5, 5.41) is 11.5. The Morgan fingerprint density at radius 2 is 2.29 bits per heavy atom. The lowest BCUT2D eigenvalue weighted by molar-refractivity contribution is 0.0900. The summed E-state index contributed by atoms with van der Waals surface area (Å²) in [6.45, 7) is 2.12.